The molecule has 4 rings (SSSR count). The summed E-state index contributed by atoms with van der Waals surface area (Å²) in [6.07, 6.45) is 2.96. The van der Waals surface area contributed by atoms with E-state index >= 15 is 0 Å². The Bertz CT molecular complexity index is 1250. The van der Waals surface area contributed by atoms with Gasteiger partial charge in [0, 0.05) is 16.8 Å². The molecule has 6 nitrogen and oxygen atoms in total. The minimum atomic E-state index is -0.583. The van der Waals surface area contributed by atoms with Crippen LogP contribution in [0.25, 0.3) is 10.8 Å². The number of thiazole rings is 1. The fourth-order valence-electron chi connectivity index (χ4n) is 3.12. The molecule has 0 aliphatic rings. The number of rotatable bonds is 6. The summed E-state index contributed by atoms with van der Waals surface area (Å²) in [5.74, 6) is -0.907. The van der Waals surface area contributed by atoms with Gasteiger partial charge in [0.2, 0.25) is 0 Å². The van der Waals surface area contributed by atoms with E-state index in [4.69, 9.17) is 4.42 Å². The highest BCUT2D eigenvalue weighted by atomic mass is 32.1. The number of nitrogens with one attached hydrogen (secondary N) is 2. The number of anilines is 1. The summed E-state index contributed by atoms with van der Waals surface area (Å²) in [6.45, 7) is 3.39. The standard InChI is InChI=1S/C24H20FN3O3S/c1-14-18(25)11-17(22(29)27-15(2)16-7-4-3-5-8-16)12-19(14)28-23(30)21-13-26-24(32-21)20-9-6-10-31-20/h3-13,15H,1-2H3,(H,27,29)(H,28,30). The molecule has 2 amide bonds. The molecule has 1 unspecified atom stereocenters. The van der Waals surface area contributed by atoms with Crippen molar-refractivity contribution >= 4 is 28.8 Å². The number of benzene rings is 2. The van der Waals surface area contributed by atoms with Gasteiger partial charge in [0.25, 0.3) is 11.8 Å². The van der Waals surface area contributed by atoms with Crippen LogP contribution in [0.5, 0.6) is 0 Å². The quantitative estimate of drug-likeness (QED) is 0.402. The second-order valence-electron chi connectivity index (χ2n) is 7.20. The number of furan rings is 1. The van der Waals surface area contributed by atoms with Gasteiger partial charge in [0.05, 0.1) is 18.5 Å². The molecule has 0 aliphatic carbocycles. The first kappa shape index (κ1) is 21.5. The average molecular weight is 450 g/mol. The molecule has 162 valence electrons. The summed E-state index contributed by atoms with van der Waals surface area (Å²) in [5.41, 5.74) is 1.51. The van der Waals surface area contributed by atoms with E-state index in [0.717, 1.165) is 16.9 Å². The van der Waals surface area contributed by atoms with Gasteiger partial charge in [-0.05, 0) is 43.7 Å². The highest BCUT2D eigenvalue weighted by molar-refractivity contribution is 7.17. The average Bonchev–Trinajstić information content (AvgIpc) is 3.49. The molecule has 0 fully saturated rings. The van der Waals surface area contributed by atoms with Gasteiger partial charge in [-0.15, -0.1) is 11.3 Å². The fourth-order valence-corrected chi connectivity index (χ4v) is 3.90. The van der Waals surface area contributed by atoms with Crippen molar-refractivity contribution in [1.82, 2.24) is 10.3 Å². The molecule has 0 saturated carbocycles. The van der Waals surface area contributed by atoms with Crippen LogP contribution in [0.1, 0.15) is 44.1 Å². The van der Waals surface area contributed by atoms with Crippen molar-refractivity contribution in [3.8, 4) is 10.8 Å². The third-order valence-electron chi connectivity index (χ3n) is 4.96. The van der Waals surface area contributed by atoms with Gasteiger partial charge in [0.1, 0.15) is 10.7 Å². The Kier molecular flexibility index (Phi) is 6.13. The molecular weight excluding hydrogens is 429 g/mol. The minimum absolute atomic E-state index is 0.117. The predicted octanol–water partition coefficient (Wildman–Crippen LogP) is 5.59. The van der Waals surface area contributed by atoms with Gasteiger partial charge in [-0.3, -0.25) is 9.59 Å². The molecule has 0 saturated heterocycles. The number of carbonyl (C=O) groups is 2. The highest BCUT2D eigenvalue weighted by Gasteiger charge is 2.18. The largest absolute Gasteiger partial charge is 0.462 e. The molecule has 0 aliphatic heterocycles. The Morgan fingerprint density at radius 2 is 1.88 bits per heavy atom. The second kappa shape index (κ2) is 9.15. The van der Waals surface area contributed by atoms with E-state index in [0.29, 0.717) is 15.6 Å². The Morgan fingerprint density at radius 3 is 2.59 bits per heavy atom. The van der Waals surface area contributed by atoms with Crippen molar-refractivity contribution in [2.75, 3.05) is 5.32 Å². The van der Waals surface area contributed by atoms with Crippen molar-refractivity contribution in [2.45, 2.75) is 19.9 Å². The van der Waals surface area contributed by atoms with Crippen molar-refractivity contribution in [1.29, 1.82) is 0 Å². The molecule has 2 aromatic carbocycles. The molecule has 0 bridgehead atoms. The number of amides is 2. The minimum Gasteiger partial charge on any atom is -0.462 e. The van der Waals surface area contributed by atoms with Crippen LogP contribution in [0.3, 0.4) is 0 Å². The Labute approximate surface area is 188 Å². The Hall–Kier alpha value is -3.78. The summed E-state index contributed by atoms with van der Waals surface area (Å²) in [4.78, 5) is 30.0. The van der Waals surface area contributed by atoms with Gasteiger partial charge in [-0.25, -0.2) is 9.37 Å². The SMILES string of the molecule is Cc1c(F)cc(C(=O)NC(C)c2ccccc2)cc1NC(=O)c1cnc(-c2ccco2)s1. The lowest BCUT2D eigenvalue weighted by Crippen LogP contribution is -2.27. The number of hydrogen-bond acceptors (Lipinski definition) is 5. The molecule has 0 radical (unpaired) electrons. The van der Waals surface area contributed by atoms with Gasteiger partial charge >= 0.3 is 0 Å². The van der Waals surface area contributed by atoms with Crippen LogP contribution in [0.4, 0.5) is 10.1 Å². The number of nitrogens with zero attached hydrogens (tertiary/aromatic N) is 1. The number of halogens is 1. The van der Waals surface area contributed by atoms with Crippen molar-refractivity contribution in [2.24, 2.45) is 0 Å². The summed E-state index contributed by atoms with van der Waals surface area (Å²) < 4.78 is 19.8. The normalized spacial score (nSPS) is 11.7. The molecule has 2 heterocycles. The molecular formula is C24H20FN3O3S. The first-order chi connectivity index (χ1) is 15.4. The molecule has 4 aromatic rings. The summed E-state index contributed by atoms with van der Waals surface area (Å²) >= 11 is 1.15. The van der Waals surface area contributed by atoms with Crippen LogP contribution in [-0.2, 0) is 0 Å². The second-order valence-corrected chi connectivity index (χ2v) is 8.23. The van der Waals surface area contributed by atoms with Crippen LogP contribution < -0.4 is 10.6 Å². The molecule has 32 heavy (non-hydrogen) atoms. The molecule has 8 heteroatoms. The lowest BCUT2D eigenvalue weighted by Gasteiger charge is -2.16. The van der Waals surface area contributed by atoms with Crippen molar-refractivity contribution < 1.29 is 18.4 Å². The van der Waals surface area contributed by atoms with E-state index in [9.17, 15) is 14.0 Å². The van der Waals surface area contributed by atoms with Crippen molar-refractivity contribution in [3.63, 3.8) is 0 Å². The van der Waals surface area contributed by atoms with Gasteiger partial charge < -0.3 is 15.1 Å². The molecule has 2 aromatic heterocycles. The molecule has 0 spiro atoms. The van der Waals surface area contributed by atoms with Crippen LogP contribution in [0, 0.1) is 12.7 Å². The van der Waals surface area contributed by atoms with E-state index in [2.05, 4.69) is 15.6 Å². The third kappa shape index (κ3) is 4.60. The van der Waals surface area contributed by atoms with Gasteiger partial charge in [-0.2, -0.15) is 0 Å². The zero-order chi connectivity index (χ0) is 22.7. The maximum absolute atomic E-state index is 14.5. The number of aromatic nitrogens is 1. The van der Waals surface area contributed by atoms with Crippen LogP contribution in [-0.4, -0.2) is 16.8 Å². The predicted molar refractivity (Wildman–Crippen MR) is 121 cm³/mol. The molecule has 1 atom stereocenters. The number of carbonyl (C=O) groups excluding carboxylic acids is 2. The summed E-state index contributed by atoms with van der Waals surface area (Å²) in [5, 5.41) is 6.10. The van der Waals surface area contributed by atoms with Gasteiger partial charge in [0.15, 0.2) is 10.8 Å². The first-order valence-corrected chi connectivity index (χ1v) is 10.7. The van der Waals surface area contributed by atoms with E-state index < -0.39 is 17.6 Å². The first-order valence-electron chi connectivity index (χ1n) is 9.89. The molecule has 2 N–H and O–H groups in total. The lowest BCUT2D eigenvalue weighted by atomic mass is 10.1. The van der Waals surface area contributed by atoms with Crippen LogP contribution in [0.2, 0.25) is 0 Å². The van der Waals surface area contributed by atoms with E-state index in [1.54, 1.807) is 19.1 Å². The van der Waals surface area contributed by atoms with E-state index in [1.165, 1.54) is 24.6 Å². The fraction of sp³-hybridized carbons (Fsp3) is 0.125. The topological polar surface area (TPSA) is 84.2 Å². The Morgan fingerprint density at radius 1 is 1.09 bits per heavy atom. The smallest absolute Gasteiger partial charge is 0.267 e. The highest BCUT2D eigenvalue weighted by Crippen LogP contribution is 2.27. The zero-order valence-electron chi connectivity index (χ0n) is 17.4. The maximum Gasteiger partial charge on any atom is 0.267 e. The van der Waals surface area contributed by atoms with E-state index in [1.807, 2.05) is 37.3 Å². The van der Waals surface area contributed by atoms with Crippen LogP contribution >= 0.6 is 11.3 Å². The maximum atomic E-state index is 14.5. The summed E-state index contributed by atoms with van der Waals surface area (Å²) in [7, 11) is 0. The van der Waals surface area contributed by atoms with E-state index in [-0.39, 0.29) is 22.9 Å². The Balaban J connectivity index is 1.52. The monoisotopic (exact) mass is 449 g/mol. The van der Waals surface area contributed by atoms with Crippen molar-refractivity contribution in [3.05, 3.63) is 94.4 Å². The number of hydrogen-bond donors (Lipinski definition) is 2. The lowest BCUT2D eigenvalue weighted by molar-refractivity contribution is 0.0938. The van der Waals surface area contributed by atoms with Crippen LogP contribution in [0.15, 0.2) is 71.5 Å². The summed E-state index contributed by atoms with van der Waals surface area (Å²) in [6, 6.07) is 15.3. The third-order valence-corrected chi connectivity index (χ3v) is 5.97. The van der Waals surface area contributed by atoms with Gasteiger partial charge in [-0.1, -0.05) is 30.3 Å². The zero-order valence-corrected chi connectivity index (χ0v) is 18.2.